The number of methoxy groups -OCH3 is 1. The summed E-state index contributed by atoms with van der Waals surface area (Å²) >= 11 is 5.61. The van der Waals surface area contributed by atoms with Crippen LogP contribution in [-0.2, 0) is 4.79 Å². The fraction of sp³-hybridized carbons (Fsp3) is 0.227. The number of H-pyrrole nitrogens is 1. The maximum atomic E-state index is 12.6. The third-order valence-electron chi connectivity index (χ3n) is 5.10. The fourth-order valence-corrected chi connectivity index (χ4v) is 4.03. The van der Waals surface area contributed by atoms with Crippen LogP contribution in [0.4, 0.5) is 5.69 Å². The zero-order valence-electron chi connectivity index (χ0n) is 16.5. The largest absolute Gasteiger partial charge is 0.495 e. The molecule has 1 amide bonds. The summed E-state index contributed by atoms with van der Waals surface area (Å²) in [4.78, 5) is 22.4. The number of anilines is 1. The third-order valence-corrected chi connectivity index (χ3v) is 5.45. The van der Waals surface area contributed by atoms with Gasteiger partial charge in [-0.1, -0.05) is 18.2 Å². The molecule has 2 atom stereocenters. The van der Waals surface area contributed by atoms with E-state index in [1.807, 2.05) is 65.7 Å². The Morgan fingerprint density at radius 3 is 2.77 bits per heavy atom. The molecule has 0 radical (unpaired) electrons. The van der Waals surface area contributed by atoms with Gasteiger partial charge in [-0.2, -0.15) is 0 Å². The van der Waals surface area contributed by atoms with E-state index >= 15 is 0 Å². The molecule has 4 rings (SSSR count). The highest BCUT2D eigenvalue weighted by atomic mass is 32.1. The topological polar surface area (TPSA) is 82.3 Å². The van der Waals surface area contributed by atoms with Gasteiger partial charge in [-0.15, -0.1) is 0 Å². The van der Waals surface area contributed by atoms with Crippen molar-refractivity contribution in [1.82, 2.24) is 20.2 Å². The number of hydrogen-bond donors (Lipinski definition) is 3. The van der Waals surface area contributed by atoms with Crippen LogP contribution in [0.3, 0.4) is 0 Å². The predicted molar refractivity (Wildman–Crippen MR) is 119 cm³/mol. The van der Waals surface area contributed by atoms with E-state index in [0.717, 1.165) is 11.4 Å². The number of nitrogens with one attached hydrogen (secondary N) is 3. The van der Waals surface area contributed by atoms with Gasteiger partial charge in [0, 0.05) is 31.1 Å². The van der Waals surface area contributed by atoms with Gasteiger partial charge in [-0.3, -0.25) is 9.78 Å². The smallest absolute Gasteiger partial charge is 0.226 e. The number of benzene rings is 1. The van der Waals surface area contributed by atoms with Gasteiger partial charge in [0.1, 0.15) is 5.75 Å². The molecule has 0 unspecified atom stereocenters. The highest BCUT2D eigenvalue weighted by Crippen LogP contribution is 2.37. The number of pyridine rings is 1. The number of thiocarbonyl (C=S) groups is 1. The number of aromatic nitrogens is 2. The first-order valence-electron chi connectivity index (χ1n) is 9.71. The van der Waals surface area contributed by atoms with Gasteiger partial charge in [-0.25, -0.2) is 0 Å². The van der Waals surface area contributed by atoms with Crippen molar-refractivity contribution in [3.8, 4) is 5.75 Å². The average Bonchev–Trinajstić information content (AvgIpc) is 3.41. The van der Waals surface area contributed by atoms with Crippen LogP contribution in [0.1, 0.15) is 29.9 Å². The molecule has 154 valence electrons. The van der Waals surface area contributed by atoms with Crippen molar-refractivity contribution >= 4 is 28.9 Å². The normalized spacial score (nSPS) is 18.2. The van der Waals surface area contributed by atoms with E-state index in [1.165, 1.54) is 0 Å². The molecule has 1 aliphatic rings. The lowest BCUT2D eigenvalue weighted by molar-refractivity contribution is -0.116. The molecule has 3 heterocycles. The second kappa shape index (κ2) is 8.96. The summed E-state index contributed by atoms with van der Waals surface area (Å²) in [7, 11) is 1.58. The maximum Gasteiger partial charge on any atom is 0.226 e. The summed E-state index contributed by atoms with van der Waals surface area (Å²) in [6.45, 7) is 0.472. The van der Waals surface area contributed by atoms with Crippen LogP contribution >= 0.6 is 12.2 Å². The predicted octanol–water partition coefficient (Wildman–Crippen LogP) is 3.42. The molecule has 30 heavy (non-hydrogen) atoms. The second-order valence-corrected chi connectivity index (χ2v) is 7.33. The number of nitrogens with zero attached hydrogens (tertiary/aromatic N) is 2. The first-order valence-corrected chi connectivity index (χ1v) is 10.1. The minimum Gasteiger partial charge on any atom is -0.495 e. The molecule has 2 aromatic heterocycles. The lowest BCUT2D eigenvalue weighted by atomic mass is 10.0. The average molecular weight is 422 g/mol. The van der Waals surface area contributed by atoms with Crippen LogP contribution in [0, 0.1) is 0 Å². The van der Waals surface area contributed by atoms with E-state index in [4.69, 9.17) is 17.0 Å². The molecular formula is C22H23N5O2S. The summed E-state index contributed by atoms with van der Waals surface area (Å²) in [5.74, 6) is 0.525. The molecule has 1 fully saturated rings. The fourth-order valence-electron chi connectivity index (χ4n) is 3.70. The minimum absolute atomic E-state index is 0.0820. The van der Waals surface area contributed by atoms with E-state index in [1.54, 1.807) is 13.3 Å². The van der Waals surface area contributed by atoms with Gasteiger partial charge in [0.25, 0.3) is 0 Å². The lowest BCUT2D eigenvalue weighted by Crippen LogP contribution is -2.32. The molecule has 1 aliphatic heterocycles. The van der Waals surface area contributed by atoms with Crippen molar-refractivity contribution in [2.24, 2.45) is 0 Å². The molecule has 8 heteroatoms. The summed E-state index contributed by atoms with van der Waals surface area (Å²) in [5, 5.41) is 6.90. The van der Waals surface area contributed by atoms with Gasteiger partial charge in [-0.05, 0) is 48.6 Å². The molecule has 0 saturated carbocycles. The number of carbonyl (C=O) groups is 1. The third kappa shape index (κ3) is 4.13. The number of para-hydroxylation sites is 2. The van der Waals surface area contributed by atoms with Gasteiger partial charge in [0.05, 0.1) is 30.6 Å². The zero-order chi connectivity index (χ0) is 20.9. The Kier molecular flexibility index (Phi) is 5.94. The molecular weight excluding hydrogens is 398 g/mol. The van der Waals surface area contributed by atoms with Crippen molar-refractivity contribution in [1.29, 1.82) is 0 Å². The summed E-state index contributed by atoms with van der Waals surface area (Å²) in [6, 6.07) is 17.0. The zero-order valence-corrected chi connectivity index (χ0v) is 17.4. The molecule has 0 spiro atoms. The van der Waals surface area contributed by atoms with Crippen LogP contribution in [-0.4, -0.2) is 39.5 Å². The molecule has 3 N–H and O–H groups in total. The van der Waals surface area contributed by atoms with Crippen LogP contribution in [0.15, 0.2) is 67.0 Å². The van der Waals surface area contributed by atoms with E-state index in [-0.39, 0.29) is 24.4 Å². The van der Waals surface area contributed by atoms with Crippen LogP contribution < -0.4 is 15.4 Å². The van der Waals surface area contributed by atoms with E-state index < -0.39 is 0 Å². The maximum absolute atomic E-state index is 12.6. The molecule has 1 saturated heterocycles. The minimum atomic E-state index is -0.103. The first-order chi connectivity index (χ1) is 14.7. The standard InChI is InChI=1S/C22H23N5O2S/c1-29-18-10-3-2-7-15(18)25-19(28)11-14-27-21(17-9-6-13-24-17)20(26-22(27)30)16-8-4-5-12-23-16/h2-10,12-13,20-21,24H,11,14H2,1H3,(H,25,28)(H,26,30)/t20-,21+/m1/s1. The van der Waals surface area contributed by atoms with Gasteiger partial charge in [0.15, 0.2) is 5.11 Å². The monoisotopic (exact) mass is 421 g/mol. The lowest BCUT2D eigenvalue weighted by Gasteiger charge is -2.26. The van der Waals surface area contributed by atoms with E-state index in [2.05, 4.69) is 20.6 Å². The Balaban J connectivity index is 1.49. The van der Waals surface area contributed by atoms with Crippen LogP contribution in [0.5, 0.6) is 5.75 Å². The van der Waals surface area contributed by atoms with Crippen LogP contribution in [0.25, 0.3) is 0 Å². The van der Waals surface area contributed by atoms with Crippen molar-refractivity contribution in [2.75, 3.05) is 19.0 Å². The molecule has 1 aromatic carbocycles. The van der Waals surface area contributed by atoms with Crippen molar-refractivity contribution in [2.45, 2.75) is 18.5 Å². The van der Waals surface area contributed by atoms with Gasteiger partial charge in [0.2, 0.25) is 5.91 Å². The molecule has 3 aromatic rings. The van der Waals surface area contributed by atoms with Gasteiger partial charge < -0.3 is 25.3 Å². The first kappa shape index (κ1) is 19.9. The Bertz CT molecular complexity index is 1010. The van der Waals surface area contributed by atoms with Gasteiger partial charge >= 0.3 is 0 Å². The Labute approximate surface area is 180 Å². The van der Waals surface area contributed by atoms with E-state index in [9.17, 15) is 4.79 Å². The van der Waals surface area contributed by atoms with Crippen molar-refractivity contribution in [3.63, 3.8) is 0 Å². The van der Waals surface area contributed by atoms with Crippen LogP contribution in [0.2, 0.25) is 0 Å². The SMILES string of the molecule is COc1ccccc1NC(=O)CCN1C(=S)N[C@H](c2ccccn2)[C@@H]1c1ccc[nH]1. The van der Waals surface area contributed by atoms with E-state index in [0.29, 0.717) is 23.1 Å². The Hall–Kier alpha value is -3.39. The number of aromatic amines is 1. The Morgan fingerprint density at radius 1 is 1.20 bits per heavy atom. The van der Waals surface area contributed by atoms with Crippen molar-refractivity contribution < 1.29 is 9.53 Å². The van der Waals surface area contributed by atoms with Crippen molar-refractivity contribution in [3.05, 3.63) is 78.4 Å². The second-order valence-electron chi connectivity index (χ2n) is 6.94. The highest BCUT2D eigenvalue weighted by molar-refractivity contribution is 7.80. The Morgan fingerprint density at radius 2 is 2.03 bits per heavy atom. The highest BCUT2D eigenvalue weighted by Gasteiger charge is 2.40. The quantitative estimate of drug-likeness (QED) is 0.507. The summed E-state index contributed by atoms with van der Waals surface area (Å²) in [6.07, 6.45) is 3.94. The number of carbonyl (C=O) groups excluding carboxylic acids is 1. The number of hydrogen-bond acceptors (Lipinski definition) is 4. The summed E-state index contributed by atoms with van der Waals surface area (Å²) < 4.78 is 5.30. The summed E-state index contributed by atoms with van der Waals surface area (Å²) in [5.41, 5.74) is 2.57. The molecule has 0 aliphatic carbocycles. The molecule has 0 bridgehead atoms. The number of rotatable bonds is 7. The number of amides is 1. The molecule has 7 nitrogen and oxygen atoms in total. The number of ether oxygens (including phenoxy) is 1.